The van der Waals surface area contributed by atoms with Gasteiger partial charge in [-0.15, -0.1) is 0 Å². The van der Waals surface area contributed by atoms with Crippen LogP contribution in [-0.2, 0) is 11.8 Å². The van der Waals surface area contributed by atoms with E-state index in [0.717, 1.165) is 0 Å². The van der Waals surface area contributed by atoms with Crippen LogP contribution in [0.3, 0.4) is 0 Å². The zero-order valence-electron chi connectivity index (χ0n) is 8.45. The van der Waals surface area contributed by atoms with Crippen molar-refractivity contribution in [2.24, 2.45) is 7.05 Å². The number of ether oxygens (including phenoxy) is 1. The van der Waals surface area contributed by atoms with Crippen molar-refractivity contribution in [2.45, 2.75) is 20.0 Å². The molecule has 0 radical (unpaired) electrons. The van der Waals surface area contributed by atoms with Gasteiger partial charge in [0.15, 0.2) is 0 Å². The number of hydrogen-bond acceptors (Lipinski definition) is 3. The maximum absolute atomic E-state index is 11.6. The van der Waals surface area contributed by atoms with Gasteiger partial charge >= 0.3 is 0 Å². The Labute approximate surface area is 91.4 Å². The molecule has 4 nitrogen and oxygen atoms in total. The maximum atomic E-state index is 11.6. The largest absolute Gasteiger partial charge is 0.371 e. The van der Waals surface area contributed by atoms with E-state index in [1.807, 2.05) is 13.8 Å². The Morgan fingerprint density at radius 1 is 1.71 bits per heavy atom. The molecule has 14 heavy (non-hydrogen) atoms. The molecule has 78 valence electrons. The molecule has 0 aromatic carbocycles. The molecule has 0 bridgehead atoms. The van der Waals surface area contributed by atoms with Gasteiger partial charge in [-0.05, 0) is 29.8 Å². The van der Waals surface area contributed by atoms with Crippen molar-refractivity contribution in [1.82, 2.24) is 9.78 Å². The van der Waals surface area contributed by atoms with Crippen LogP contribution in [0.15, 0.2) is 10.7 Å². The minimum Gasteiger partial charge on any atom is -0.371 e. The average Bonchev–Trinajstić information content (AvgIpc) is 2.42. The summed E-state index contributed by atoms with van der Waals surface area (Å²) >= 11 is 3.27. The molecule has 0 saturated heterocycles. The molecular formula is C9H13BrN2O2. The molecule has 0 amide bonds. The van der Waals surface area contributed by atoms with Crippen LogP contribution in [0.2, 0.25) is 0 Å². The molecular weight excluding hydrogens is 248 g/mol. The van der Waals surface area contributed by atoms with Gasteiger partial charge in [0.2, 0.25) is 5.78 Å². The number of aryl methyl sites for hydroxylation is 1. The summed E-state index contributed by atoms with van der Waals surface area (Å²) in [6.07, 6.45) is 1.66. The smallest absolute Gasteiger partial charge is 0.207 e. The number of nitrogens with zero attached hydrogens (tertiary/aromatic N) is 2. The molecule has 0 aliphatic rings. The summed E-state index contributed by atoms with van der Waals surface area (Å²) in [5.74, 6) is -0.0643. The number of carbonyl (C=O) groups excluding carboxylic acids is 1. The number of carbonyl (C=O) groups is 1. The fraction of sp³-hybridized carbons (Fsp3) is 0.556. The lowest BCUT2D eigenvalue weighted by Gasteiger charge is -2.06. The van der Waals surface area contributed by atoms with Gasteiger partial charge in [0.05, 0.1) is 16.8 Å². The van der Waals surface area contributed by atoms with E-state index in [-0.39, 0.29) is 18.5 Å². The van der Waals surface area contributed by atoms with Crippen molar-refractivity contribution in [3.63, 3.8) is 0 Å². The Bertz CT molecular complexity index is 314. The average molecular weight is 261 g/mol. The van der Waals surface area contributed by atoms with Gasteiger partial charge < -0.3 is 4.74 Å². The van der Waals surface area contributed by atoms with Crippen LogP contribution in [0.5, 0.6) is 0 Å². The highest BCUT2D eigenvalue weighted by atomic mass is 79.9. The molecule has 5 heteroatoms. The SMILES string of the molecule is CC(C)OCC(=O)c1c(Br)cnn1C. The van der Waals surface area contributed by atoms with E-state index in [4.69, 9.17) is 4.74 Å². The first kappa shape index (κ1) is 11.4. The van der Waals surface area contributed by atoms with E-state index in [1.54, 1.807) is 13.2 Å². The third kappa shape index (κ3) is 2.65. The lowest BCUT2D eigenvalue weighted by Crippen LogP contribution is -2.16. The van der Waals surface area contributed by atoms with Gasteiger partial charge in [-0.2, -0.15) is 5.10 Å². The summed E-state index contributed by atoms with van der Waals surface area (Å²) < 4.78 is 7.47. The van der Waals surface area contributed by atoms with Crippen molar-refractivity contribution in [3.8, 4) is 0 Å². The minimum absolute atomic E-state index is 0.0611. The molecule has 1 rings (SSSR count). The lowest BCUT2D eigenvalue weighted by atomic mass is 10.3. The second-order valence-electron chi connectivity index (χ2n) is 3.25. The summed E-state index contributed by atoms with van der Waals surface area (Å²) in [6.45, 7) is 3.88. The Balaban J connectivity index is 2.70. The van der Waals surface area contributed by atoms with E-state index in [0.29, 0.717) is 10.2 Å². The molecule has 1 aromatic heterocycles. The standard InChI is InChI=1S/C9H13BrN2O2/c1-6(2)14-5-8(13)9-7(10)4-11-12(9)3/h4,6H,5H2,1-3H3. The van der Waals surface area contributed by atoms with Crippen LogP contribution >= 0.6 is 15.9 Å². The molecule has 1 aromatic rings. The van der Waals surface area contributed by atoms with Crippen molar-refractivity contribution in [1.29, 1.82) is 0 Å². The van der Waals surface area contributed by atoms with Crippen LogP contribution in [-0.4, -0.2) is 28.3 Å². The number of rotatable bonds is 4. The summed E-state index contributed by atoms with van der Waals surface area (Å²) in [7, 11) is 1.73. The topological polar surface area (TPSA) is 44.1 Å². The monoisotopic (exact) mass is 260 g/mol. The fourth-order valence-electron chi connectivity index (χ4n) is 1.04. The molecule has 0 aliphatic carbocycles. The zero-order chi connectivity index (χ0) is 10.7. The van der Waals surface area contributed by atoms with Crippen LogP contribution in [0.4, 0.5) is 0 Å². The van der Waals surface area contributed by atoms with Gasteiger partial charge in [0.1, 0.15) is 12.3 Å². The van der Waals surface area contributed by atoms with Gasteiger partial charge in [-0.1, -0.05) is 0 Å². The van der Waals surface area contributed by atoms with E-state index >= 15 is 0 Å². The first-order chi connectivity index (χ1) is 6.52. The van der Waals surface area contributed by atoms with Crippen molar-refractivity contribution in [3.05, 3.63) is 16.4 Å². The minimum atomic E-state index is -0.0643. The highest BCUT2D eigenvalue weighted by molar-refractivity contribution is 9.10. The second kappa shape index (κ2) is 4.70. The summed E-state index contributed by atoms with van der Waals surface area (Å²) in [4.78, 5) is 11.6. The number of Topliss-reactive ketones (excluding diaryl/α,β-unsaturated/α-hetero) is 1. The predicted octanol–water partition coefficient (Wildman–Crippen LogP) is 1.79. The molecule has 0 unspecified atom stereocenters. The van der Waals surface area contributed by atoms with Crippen LogP contribution in [0.25, 0.3) is 0 Å². The molecule has 0 atom stereocenters. The number of hydrogen-bond donors (Lipinski definition) is 0. The van der Waals surface area contributed by atoms with E-state index in [1.165, 1.54) is 4.68 Å². The number of ketones is 1. The first-order valence-corrected chi connectivity index (χ1v) is 5.14. The highest BCUT2D eigenvalue weighted by Crippen LogP contribution is 2.15. The Kier molecular flexibility index (Phi) is 3.83. The maximum Gasteiger partial charge on any atom is 0.207 e. The Morgan fingerprint density at radius 2 is 2.36 bits per heavy atom. The van der Waals surface area contributed by atoms with E-state index in [9.17, 15) is 4.79 Å². The van der Waals surface area contributed by atoms with Crippen LogP contribution in [0, 0.1) is 0 Å². The fourth-order valence-corrected chi connectivity index (χ4v) is 1.60. The van der Waals surface area contributed by atoms with Crippen LogP contribution in [0.1, 0.15) is 24.3 Å². The van der Waals surface area contributed by atoms with Gasteiger partial charge in [0, 0.05) is 7.05 Å². The van der Waals surface area contributed by atoms with Gasteiger partial charge in [-0.3, -0.25) is 9.48 Å². The summed E-state index contributed by atoms with van der Waals surface area (Å²) in [5, 5.41) is 3.96. The third-order valence-electron chi connectivity index (χ3n) is 1.71. The van der Waals surface area contributed by atoms with Crippen molar-refractivity contribution in [2.75, 3.05) is 6.61 Å². The molecule has 1 heterocycles. The quantitative estimate of drug-likeness (QED) is 0.776. The van der Waals surface area contributed by atoms with E-state index in [2.05, 4.69) is 21.0 Å². The molecule has 0 N–H and O–H groups in total. The number of aromatic nitrogens is 2. The first-order valence-electron chi connectivity index (χ1n) is 4.34. The van der Waals surface area contributed by atoms with Crippen molar-refractivity contribution < 1.29 is 9.53 Å². The zero-order valence-corrected chi connectivity index (χ0v) is 10.0. The second-order valence-corrected chi connectivity index (χ2v) is 4.10. The summed E-state index contributed by atoms with van der Waals surface area (Å²) in [6, 6.07) is 0. The molecule has 0 spiro atoms. The normalized spacial score (nSPS) is 10.9. The Morgan fingerprint density at radius 3 is 2.79 bits per heavy atom. The third-order valence-corrected chi connectivity index (χ3v) is 2.29. The van der Waals surface area contributed by atoms with Crippen LogP contribution < -0.4 is 0 Å². The number of halogens is 1. The summed E-state index contributed by atoms with van der Waals surface area (Å²) in [5.41, 5.74) is 0.547. The molecule has 0 saturated carbocycles. The lowest BCUT2D eigenvalue weighted by molar-refractivity contribution is 0.0576. The van der Waals surface area contributed by atoms with Gasteiger partial charge in [0.25, 0.3) is 0 Å². The molecule has 0 aliphatic heterocycles. The molecule has 0 fully saturated rings. The van der Waals surface area contributed by atoms with E-state index < -0.39 is 0 Å². The Hall–Kier alpha value is -0.680. The van der Waals surface area contributed by atoms with Crippen molar-refractivity contribution >= 4 is 21.7 Å². The highest BCUT2D eigenvalue weighted by Gasteiger charge is 2.15. The van der Waals surface area contributed by atoms with Gasteiger partial charge in [-0.25, -0.2) is 0 Å². The predicted molar refractivity (Wildman–Crippen MR) is 56.3 cm³/mol.